The summed E-state index contributed by atoms with van der Waals surface area (Å²) in [6.07, 6.45) is 1.74. The maximum Gasteiger partial charge on any atom is 0.176 e. The van der Waals surface area contributed by atoms with Crippen LogP contribution in [0.4, 0.5) is 4.39 Å². The normalized spacial score (nSPS) is 10.8. The van der Waals surface area contributed by atoms with E-state index in [4.69, 9.17) is 0 Å². The summed E-state index contributed by atoms with van der Waals surface area (Å²) >= 11 is 0. The molecule has 0 atom stereocenters. The monoisotopic (exact) mass is 272 g/mol. The van der Waals surface area contributed by atoms with Crippen LogP contribution in [0, 0.1) is 5.82 Å². The Morgan fingerprint density at radius 2 is 1.95 bits per heavy atom. The summed E-state index contributed by atoms with van der Waals surface area (Å²) in [6, 6.07) is 11.4. The lowest BCUT2D eigenvalue weighted by Gasteiger charge is -2.19. The van der Waals surface area contributed by atoms with Crippen molar-refractivity contribution in [2.45, 2.75) is 13.5 Å². The molecule has 0 aliphatic rings. The third-order valence-electron chi connectivity index (χ3n) is 3.09. The fraction of sp³-hybridized carbons (Fsp3) is 0.250. The first-order valence-corrected chi connectivity index (χ1v) is 6.60. The largest absolute Gasteiger partial charge is 0.293 e. The molecule has 1 aromatic heterocycles. The number of Topliss-reactive ketones (excluding diaryl/α,β-unsaturated/α-hetero) is 1. The topological polar surface area (TPSA) is 33.2 Å². The molecule has 0 bridgehead atoms. The van der Waals surface area contributed by atoms with Crippen LogP contribution in [0.15, 0.2) is 48.7 Å². The van der Waals surface area contributed by atoms with Gasteiger partial charge in [0.05, 0.1) is 12.2 Å². The first kappa shape index (κ1) is 14.3. The summed E-state index contributed by atoms with van der Waals surface area (Å²) in [5.74, 6) is -0.342. The van der Waals surface area contributed by atoms with Crippen molar-refractivity contribution < 1.29 is 9.18 Å². The Labute approximate surface area is 118 Å². The lowest BCUT2D eigenvalue weighted by molar-refractivity contribution is 0.0928. The van der Waals surface area contributed by atoms with E-state index in [1.165, 1.54) is 24.3 Å². The number of carbonyl (C=O) groups is 1. The van der Waals surface area contributed by atoms with Gasteiger partial charge in [-0.1, -0.05) is 13.0 Å². The van der Waals surface area contributed by atoms with Gasteiger partial charge in [-0.25, -0.2) is 4.39 Å². The van der Waals surface area contributed by atoms with Crippen LogP contribution in [-0.2, 0) is 6.54 Å². The van der Waals surface area contributed by atoms with Crippen molar-refractivity contribution in [1.82, 2.24) is 9.88 Å². The number of aromatic nitrogens is 1. The molecule has 0 amide bonds. The van der Waals surface area contributed by atoms with E-state index >= 15 is 0 Å². The lowest BCUT2D eigenvalue weighted by Crippen LogP contribution is -2.29. The van der Waals surface area contributed by atoms with Gasteiger partial charge >= 0.3 is 0 Å². The van der Waals surface area contributed by atoms with Crippen LogP contribution in [0.25, 0.3) is 0 Å². The maximum absolute atomic E-state index is 12.8. The minimum absolute atomic E-state index is 0.0113. The van der Waals surface area contributed by atoms with Gasteiger partial charge in [-0.05, 0) is 42.9 Å². The highest BCUT2D eigenvalue weighted by molar-refractivity contribution is 5.97. The first-order chi connectivity index (χ1) is 9.69. The number of carbonyl (C=O) groups excluding carboxylic acids is 1. The fourth-order valence-corrected chi connectivity index (χ4v) is 1.93. The number of rotatable bonds is 6. The summed E-state index contributed by atoms with van der Waals surface area (Å²) in [5.41, 5.74) is 1.46. The van der Waals surface area contributed by atoms with Crippen molar-refractivity contribution >= 4 is 5.78 Å². The summed E-state index contributed by atoms with van der Waals surface area (Å²) in [5, 5.41) is 0. The highest BCUT2D eigenvalue weighted by Gasteiger charge is 2.12. The number of hydrogen-bond donors (Lipinski definition) is 0. The fourth-order valence-electron chi connectivity index (χ4n) is 1.93. The zero-order valence-electron chi connectivity index (χ0n) is 11.4. The smallest absolute Gasteiger partial charge is 0.176 e. The minimum Gasteiger partial charge on any atom is -0.293 e. The number of likely N-dealkylation sites (N-methyl/N-ethyl adjacent to an activating group) is 1. The van der Waals surface area contributed by atoms with Crippen molar-refractivity contribution in [3.05, 3.63) is 65.7 Å². The number of hydrogen-bond acceptors (Lipinski definition) is 3. The molecule has 0 aliphatic heterocycles. The van der Waals surface area contributed by atoms with Crippen LogP contribution in [0.2, 0.25) is 0 Å². The predicted molar refractivity (Wildman–Crippen MR) is 75.9 cm³/mol. The van der Waals surface area contributed by atoms with Crippen LogP contribution in [-0.4, -0.2) is 28.8 Å². The number of pyridine rings is 1. The Morgan fingerprint density at radius 1 is 1.20 bits per heavy atom. The summed E-state index contributed by atoms with van der Waals surface area (Å²) in [4.78, 5) is 18.4. The molecule has 0 spiro atoms. The molecule has 0 saturated carbocycles. The van der Waals surface area contributed by atoms with Crippen molar-refractivity contribution in [2.75, 3.05) is 13.1 Å². The average Bonchev–Trinajstić information content (AvgIpc) is 2.48. The third-order valence-corrected chi connectivity index (χ3v) is 3.09. The lowest BCUT2D eigenvalue weighted by atomic mass is 10.1. The third kappa shape index (κ3) is 3.96. The summed E-state index contributed by atoms with van der Waals surface area (Å²) in [7, 11) is 0. The molecule has 0 N–H and O–H groups in total. The van der Waals surface area contributed by atoms with Crippen LogP contribution in [0.3, 0.4) is 0 Å². The summed E-state index contributed by atoms with van der Waals surface area (Å²) < 4.78 is 12.8. The zero-order chi connectivity index (χ0) is 14.4. The Hall–Kier alpha value is -2.07. The van der Waals surface area contributed by atoms with Gasteiger partial charge in [-0.2, -0.15) is 0 Å². The van der Waals surface area contributed by atoms with E-state index in [9.17, 15) is 9.18 Å². The molecule has 1 heterocycles. The second-order valence-electron chi connectivity index (χ2n) is 4.55. The number of benzene rings is 1. The molecule has 0 aliphatic carbocycles. The molecule has 3 nitrogen and oxygen atoms in total. The van der Waals surface area contributed by atoms with Crippen molar-refractivity contribution in [1.29, 1.82) is 0 Å². The summed E-state index contributed by atoms with van der Waals surface area (Å²) in [6.45, 7) is 3.69. The van der Waals surface area contributed by atoms with E-state index < -0.39 is 0 Å². The van der Waals surface area contributed by atoms with E-state index in [0.717, 1.165) is 12.2 Å². The maximum atomic E-state index is 12.8. The number of halogens is 1. The highest BCUT2D eigenvalue weighted by Crippen LogP contribution is 2.07. The molecule has 1 aromatic carbocycles. The molecule has 0 fully saturated rings. The van der Waals surface area contributed by atoms with E-state index in [0.29, 0.717) is 18.7 Å². The van der Waals surface area contributed by atoms with Gasteiger partial charge in [0.15, 0.2) is 5.78 Å². The van der Waals surface area contributed by atoms with Gasteiger partial charge in [0.25, 0.3) is 0 Å². The molecule has 4 heteroatoms. The van der Waals surface area contributed by atoms with Gasteiger partial charge in [-0.15, -0.1) is 0 Å². The quantitative estimate of drug-likeness (QED) is 0.758. The molecular formula is C16H17FN2O. The average molecular weight is 272 g/mol. The van der Waals surface area contributed by atoms with Gasteiger partial charge in [-0.3, -0.25) is 14.7 Å². The SMILES string of the molecule is CCN(CC(=O)c1ccc(F)cc1)Cc1ccccn1. The van der Waals surface area contributed by atoms with E-state index in [2.05, 4.69) is 4.98 Å². The molecule has 2 rings (SSSR count). The van der Waals surface area contributed by atoms with Gasteiger partial charge in [0.1, 0.15) is 5.82 Å². The molecule has 0 unspecified atom stereocenters. The van der Waals surface area contributed by atoms with Gasteiger partial charge in [0, 0.05) is 18.3 Å². The van der Waals surface area contributed by atoms with E-state index in [1.54, 1.807) is 6.20 Å². The number of ketones is 1. The van der Waals surface area contributed by atoms with Crippen molar-refractivity contribution in [3.63, 3.8) is 0 Å². The Kier molecular flexibility index (Phi) is 4.96. The predicted octanol–water partition coefficient (Wildman–Crippen LogP) is 2.93. The van der Waals surface area contributed by atoms with Gasteiger partial charge < -0.3 is 0 Å². The van der Waals surface area contributed by atoms with Crippen molar-refractivity contribution in [2.24, 2.45) is 0 Å². The highest BCUT2D eigenvalue weighted by atomic mass is 19.1. The second kappa shape index (κ2) is 6.91. The molecule has 0 saturated heterocycles. The van der Waals surface area contributed by atoms with Crippen LogP contribution in [0.5, 0.6) is 0 Å². The standard InChI is InChI=1S/C16H17FN2O/c1-2-19(11-15-5-3-4-10-18-15)12-16(20)13-6-8-14(17)9-7-13/h3-10H,2,11-12H2,1H3. The number of nitrogens with zero attached hydrogens (tertiary/aromatic N) is 2. The second-order valence-corrected chi connectivity index (χ2v) is 4.55. The molecule has 2 aromatic rings. The van der Waals surface area contributed by atoms with E-state index in [1.807, 2.05) is 30.0 Å². The minimum atomic E-state index is -0.331. The molecule has 104 valence electrons. The van der Waals surface area contributed by atoms with E-state index in [-0.39, 0.29) is 11.6 Å². The first-order valence-electron chi connectivity index (χ1n) is 6.60. The Bertz CT molecular complexity index is 554. The molecule has 0 radical (unpaired) electrons. The molecule has 20 heavy (non-hydrogen) atoms. The zero-order valence-corrected chi connectivity index (χ0v) is 11.4. The van der Waals surface area contributed by atoms with Crippen LogP contribution in [0.1, 0.15) is 23.0 Å². The Morgan fingerprint density at radius 3 is 2.55 bits per heavy atom. The molecular weight excluding hydrogens is 255 g/mol. The van der Waals surface area contributed by atoms with Gasteiger partial charge in [0.2, 0.25) is 0 Å². The Balaban J connectivity index is 1.99. The van der Waals surface area contributed by atoms with Crippen LogP contribution >= 0.6 is 0 Å². The van der Waals surface area contributed by atoms with Crippen molar-refractivity contribution in [3.8, 4) is 0 Å². The van der Waals surface area contributed by atoms with Crippen LogP contribution < -0.4 is 0 Å².